The van der Waals surface area contributed by atoms with Crippen LogP contribution >= 0.6 is 0 Å². The van der Waals surface area contributed by atoms with Gasteiger partial charge in [0, 0.05) is 6.04 Å². The van der Waals surface area contributed by atoms with Gasteiger partial charge >= 0.3 is 0 Å². The minimum absolute atomic E-state index is 0.0285. The molecule has 0 bridgehead atoms. The zero-order valence-corrected chi connectivity index (χ0v) is 9.75. The van der Waals surface area contributed by atoms with E-state index in [-0.39, 0.29) is 6.61 Å². The Hall–Kier alpha value is -1.04. The lowest BCUT2D eigenvalue weighted by Crippen LogP contribution is -2.40. The predicted octanol–water partition coefficient (Wildman–Crippen LogP) is 1.60. The van der Waals surface area contributed by atoms with E-state index in [1.165, 1.54) is 5.19 Å². The van der Waals surface area contributed by atoms with Gasteiger partial charge in [0.25, 0.3) is 0 Å². The van der Waals surface area contributed by atoms with Crippen LogP contribution in [0.4, 0.5) is 0 Å². The Bertz CT molecular complexity index is 332. The fraction of sp³-hybridized carbons (Fsp3) is 0.333. The molecule has 1 rings (SSSR count). The molecule has 2 heteroatoms. The molecule has 0 atom stereocenters. The second-order valence-electron chi connectivity index (χ2n) is 3.94. The van der Waals surface area contributed by atoms with E-state index in [0.29, 0.717) is 0 Å². The zero-order valence-electron chi connectivity index (χ0n) is 8.75. The molecule has 0 aliphatic rings. The summed E-state index contributed by atoms with van der Waals surface area (Å²) < 4.78 is 0. The third-order valence-electron chi connectivity index (χ3n) is 2.29. The van der Waals surface area contributed by atoms with Crippen LogP contribution in [0, 0.1) is 11.8 Å². The Morgan fingerprint density at radius 2 is 1.79 bits per heavy atom. The van der Waals surface area contributed by atoms with Crippen molar-refractivity contribution in [3.63, 3.8) is 0 Å². The maximum Gasteiger partial charge on any atom is 0.104 e. The van der Waals surface area contributed by atoms with Crippen LogP contribution in [0.5, 0.6) is 0 Å². The Kier molecular flexibility index (Phi) is 3.93. The van der Waals surface area contributed by atoms with Gasteiger partial charge in [-0.2, -0.15) is 0 Å². The lowest BCUT2D eigenvalue weighted by molar-refractivity contribution is 0.350. The molecule has 0 aromatic heterocycles. The summed E-state index contributed by atoms with van der Waals surface area (Å²) in [4.78, 5) is 0. The predicted molar refractivity (Wildman–Crippen MR) is 63.2 cm³/mol. The van der Waals surface area contributed by atoms with Gasteiger partial charge in [0.1, 0.15) is 6.61 Å². The summed E-state index contributed by atoms with van der Waals surface area (Å²) in [6.45, 7) is 4.57. The van der Waals surface area contributed by atoms with Crippen molar-refractivity contribution >= 4 is 13.3 Å². The van der Waals surface area contributed by atoms with E-state index in [9.17, 15) is 0 Å². The first-order valence-corrected chi connectivity index (χ1v) is 7.99. The molecule has 0 heterocycles. The van der Waals surface area contributed by atoms with Gasteiger partial charge in [0.05, 0.1) is 8.07 Å². The Labute approximate surface area is 86.8 Å². The van der Waals surface area contributed by atoms with Gasteiger partial charge in [-0.1, -0.05) is 54.5 Å². The molecule has 0 aliphatic heterocycles. The summed E-state index contributed by atoms with van der Waals surface area (Å²) >= 11 is 0. The molecule has 0 aliphatic carbocycles. The van der Waals surface area contributed by atoms with Crippen molar-refractivity contribution in [2.45, 2.75) is 19.1 Å². The highest BCUT2D eigenvalue weighted by atomic mass is 28.3. The molecule has 0 radical (unpaired) electrons. The van der Waals surface area contributed by atoms with Crippen LogP contribution < -0.4 is 5.19 Å². The molecule has 0 fully saturated rings. The van der Waals surface area contributed by atoms with Crippen LogP contribution in [-0.2, 0) is 0 Å². The smallest absolute Gasteiger partial charge is 0.104 e. The SMILES string of the molecule is C[Si](C)(CC#CCO)c1ccccc1. The fourth-order valence-electron chi connectivity index (χ4n) is 1.33. The number of aliphatic hydroxyl groups excluding tert-OH is 1. The lowest BCUT2D eigenvalue weighted by atomic mass is 10.4. The van der Waals surface area contributed by atoms with Crippen LogP contribution in [0.3, 0.4) is 0 Å². The topological polar surface area (TPSA) is 20.2 Å². The van der Waals surface area contributed by atoms with E-state index in [2.05, 4.69) is 49.2 Å². The number of hydrogen-bond acceptors (Lipinski definition) is 1. The van der Waals surface area contributed by atoms with Gasteiger partial charge in [-0.25, -0.2) is 0 Å². The Morgan fingerprint density at radius 3 is 2.36 bits per heavy atom. The summed E-state index contributed by atoms with van der Waals surface area (Å²) in [7, 11) is -1.40. The van der Waals surface area contributed by atoms with Crippen LogP contribution in [0.25, 0.3) is 0 Å². The summed E-state index contributed by atoms with van der Waals surface area (Å²) in [6, 6.07) is 11.4. The fourth-order valence-corrected chi connectivity index (χ4v) is 3.20. The van der Waals surface area contributed by atoms with E-state index >= 15 is 0 Å². The molecule has 74 valence electrons. The highest BCUT2D eigenvalue weighted by Gasteiger charge is 2.21. The minimum atomic E-state index is -1.40. The number of rotatable bonds is 2. The van der Waals surface area contributed by atoms with Gasteiger partial charge in [-0.05, 0) is 0 Å². The standard InChI is InChI=1S/C12H16OSi/c1-14(2,11-7-6-10-13)12-8-4-3-5-9-12/h3-5,8-9,13H,10-11H2,1-2H3. The van der Waals surface area contributed by atoms with Gasteiger partial charge in [0.15, 0.2) is 0 Å². The molecule has 0 spiro atoms. The van der Waals surface area contributed by atoms with E-state index in [1.807, 2.05) is 6.07 Å². The quantitative estimate of drug-likeness (QED) is 0.573. The highest BCUT2D eigenvalue weighted by molar-refractivity contribution is 6.90. The third-order valence-corrected chi connectivity index (χ3v) is 5.25. The Morgan fingerprint density at radius 1 is 1.14 bits per heavy atom. The van der Waals surface area contributed by atoms with Gasteiger partial charge in [0.2, 0.25) is 0 Å². The molecule has 0 saturated heterocycles. The number of benzene rings is 1. The van der Waals surface area contributed by atoms with Crippen molar-refractivity contribution in [3.8, 4) is 11.8 Å². The number of hydrogen-bond donors (Lipinski definition) is 1. The molecule has 1 aromatic carbocycles. The molecule has 1 N–H and O–H groups in total. The van der Waals surface area contributed by atoms with E-state index in [0.717, 1.165) is 6.04 Å². The number of aliphatic hydroxyl groups is 1. The first kappa shape index (κ1) is 11.0. The Balaban J connectivity index is 2.75. The summed E-state index contributed by atoms with van der Waals surface area (Å²) in [6.07, 6.45) is 0. The summed E-state index contributed by atoms with van der Waals surface area (Å²) in [5.41, 5.74) is 0. The first-order valence-electron chi connectivity index (χ1n) is 4.79. The average molecular weight is 204 g/mol. The monoisotopic (exact) mass is 204 g/mol. The first-order chi connectivity index (χ1) is 6.67. The third kappa shape index (κ3) is 3.02. The van der Waals surface area contributed by atoms with Gasteiger partial charge < -0.3 is 5.11 Å². The normalized spacial score (nSPS) is 10.5. The second kappa shape index (κ2) is 4.99. The van der Waals surface area contributed by atoms with Crippen molar-refractivity contribution in [2.75, 3.05) is 6.61 Å². The molecule has 0 saturated carbocycles. The summed E-state index contributed by atoms with van der Waals surface area (Å²) in [5, 5.41) is 10.00. The van der Waals surface area contributed by atoms with Crippen molar-refractivity contribution in [1.29, 1.82) is 0 Å². The molecule has 1 aromatic rings. The van der Waals surface area contributed by atoms with Crippen LogP contribution in [0.15, 0.2) is 30.3 Å². The average Bonchev–Trinajstić information content (AvgIpc) is 2.19. The molecule has 0 amide bonds. The molecule has 14 heavy (non-hydrogen) atoms. The van der Waals surface area contributed by atoms with Crippen molar-refractivity contribution in [3.05, 3.63) is 30.3 Å². The molecular formula is C12H16OSi. The minimum Gasteiger partial charge on any atom is -0.384 e. The van der Waals surface area contributed by atoms with E-state index in [4.69, 9.17) is 5.11 Å². The highest BCUT2D eigenvalue weighted by Crippen LogP contribution is 2.08. The maximum atomic E-state index is 8.58. The van der Waals surface area contributed by atoms with Crippen molar-refractivity contribution in [1.82, 2.24) is 0 Å². The van der Waals surface area contributed by atoms with E-state index < -0.39 is 8.07 Å². The van der Waals surface area contributed by atoms with Crippen molar-refractivity contribution in [2.24, 2.45) is 0 Å². The molecular weight excluding hydrogens is 188 g/mol. The van der Waals surface area contributed by atoms with Crippen LogP contribution in [-0.4, -0.2) is 19.8 Å². The largest absolute Gasteiger partial charge is 0.384 e. The van der Waals surface area contributed by atoms with Crippen LogP contribution in [0.2, 0.25) is 19.1 Å². The summed E-state index contributed by atoms with van der Waals surface area (Å²) in [5.74, 6) is 5.75. The van der Waals surface area contributed by atoms with Crippen molar-refractivity contribution < 1.29 is 5.11 Å². The van der Waals surface area contributed by atoms with Gasteiger partial charge in [-0.3, -0.25) is 0 Å². The maximum absolute atomic E-state index is 8.58. The van der Waals surface area contributed by atoms with Gasteiger partial charge in [-0.15, -0.1) is 5.92 Å². The molecule has 1 nitrogen and oxygen atoms in total. The zero-order chi connectivity index (χ0) is 10.4. The molecule has 0 unspecified atom stereocenters. The second-order valence-corrected chi connectivity index (χ2v) is 8.64. The van der Waals surface area contributed by atoms with E-state index in [1.54, 1.807) is 0 Å². The lowest BCUT2D eigenvalue weighted by Gasteiger charge is -2.19. The van der Waals surface area contributed by atoms with Crippen LogP contribution in [0.1, 0.15) is 0 Å².